The molecular formula is C22H18Cl2N8O. The smallest absolute Gasteiger partial charge is 0.138 e. The molecule has 0 saturated heterocycles. The predicted octanol–water partition coefficient (Wildman–Crippen LogP) is 3.35. The molecule has 0 saturated carbocycles. The van der Waals surface area contributed by atoms with Crippen molar-refractivity contribution in [1.29, 1.82) is 10.5 Å². The highest BCUT2D eigenvalue weighted by molar-refractivity contribution is 6.31. The summed E-state index contributed by atoms with van der Waals surface area (Å²) in [5.41, 5.74) is 3.48. The van der Waals surface area contributed by atoms with Crippen molar-refractivity contribution in [3.63, 3.8) is 0 Å². The van der Waals surface area contributed by atoms with E-state index in [0.717, 1.165) is 11.3 Å². The van der Waals surface area contributed by atoms with E-state index < -0.39 is 6.10 Å². The second-order valence-electron chi connectivity index (χ2n) is 6.89. The molecule has 0 bridgehead atoms. The van der Waals surface area contributed by atoms with Crippen molar-refractivity contribution in [3.8, 4) is 12.1 Å². The maximum atomic E-state index is 10.1. The molecule has 4 rings (SSSR count). The largest absolute Gasteiger partial charge is 0.382 e. The SMILES string of the molecule is Cn1nc(C(O)c2cnccc2Cl)cc1C#N.Cn1nc(Cc2cnccc2Cl)cc1C#N. The van der Waals surface area contributed by atoms with Crippen LogP contribution in [0.5, 0.6) is 0 Å². The Morgan fingerprint density at radius 3 is 2.12 bits per heavy atom. The number of aryl methyl sites for hydroxylation is 2. The van der Waals surface area contributed by atoms with Crippen LogP contribution < -0.4 is 0 Å². The Hall–Kier alpha value is -3.76. The summed E-state index contributed by atoms with van der Waals surface area (Å²) in [6.07, 6.45) is 5.98. The fourth-order valence-electron chi connectivity index (χ4n) is 2.93. The lowest BCUT2D eigenvalue weighted by Gasteiger charge is -2.08. The summed E-state index contributed by atoms with van der Waals surface area (Å²) in [5, 5.41) is 37.1. The molecule has 166 valence electrons. The average molecular weight is 481 g/mol. The zero-order valence-corrected chi connectivity index (χ0v) is 19.2. The quantitative estimate of drug-likeness (QED) is 0.473. The number of aliphatic hydroxyl groups excluding tert-OH is 1. The number of rotatable bonds is 4. The molecule has 0 aliphatic rings. The highest BCUT2D eigenvalue weighted by Gasteiger charge is 2.18. The van der Waals surface area contributed by atoms with E-state index >= 15 is 0 Å². The van der Waals surface area contributed by atoms with Crippen LogP contribution in [0, 0.1) is 22.7 Å². The molecule has 9 nitrogen and oxygen atoms in total. The van der Waals surface area contributed by atoms with Crippen LogP contribution in [0.3, 0.4) is 0 Å². The Balaban J connectivity index is 0.000000186. The number of hydrogen-bond acceptors (Lipinski definition) is 7. The molecule has 33 heavy (non-hydrogen) atoms. The summed E-state index contributed by atoms with van der Waals surface area (Å²) in [6, 6.07) is 10.7. The zero-order chi connectivity index (χ0) is 24.0. The van der Waals surface area contributed by atoms with Crippen molar-refractivity contribution in [2.45, 2.75) is 12.5 Å². The van der Waals surface area contributed by atoms with E-state index in [1.165, 1.54) is 23.1 Å². The van der Waals surface area contributed by atoms with Gasteiger partial charge in [0.1, 0.15) is 29.6 Å². The van der Waals surface area contributed by atoms with Crippen LogP contribution in [0.4, 0.5) is 0 Å². The lowest BCUT2D eigenvalue weighted by molar-refractivity contribution is 0.214. The van der Waals surface area contributed by atoms with E-state index in [9.17, 15) is 5.11 Å². The molecule has 1 atom stereocenters. The van der Waals surface area contributed by atoms with E-state index in [4.69, 9.17) is 33.7 Å². The van der Waals surface area contributed by atoms with Crippen LogP contribution in [0.15, 0.2) is 49.1 Å². The summed E-state index contributed by atoms with van der Waals surface area (Å²) in [6.45, 7) is 0. The second kappa shape index (κ2) is 10.7. The van der Waals surface area contributed by atoms with Gasteiger partial charge in [0.05, 0.1) is 11.4 Å². The lowest BCUT2D eigenvalue weighted by Crippen LogP contribution is -2.03. The number of aliphatic hydroxyl groups is 1. The van der Waals surface area contributed by atoms with Gasteiger partial charge in [0, 0.05) is 67.0 Å². The lowest BCUT2D eigenvalue weighted by atomic mass is 10.1. The molecule has 0 amide bonds. The first kappa shape index (κ1) is 23.9. The van der Waals surface area contributed by atoms with Crippen molar-refractivity contribution in [3.05, 3.63) is 93.0 Å². The van der Waals surface area contributed by atoms with Crippen LogP contribution in [-0.4, -0.2) is 34.6 Å². The minimum absolute atomic E-state index is 0.374. The number of nitriles is 2. The van der Waals surface area contributed by atoms with Gasteiger partial charge in [-0.15, -0.1) is 0 Å². The van der Waals surface area contributed by atoms with Gasteiger partial charge in [-0.3, -0.25) is 19.3 Å². The van der Waals surface area contributed by atoms with Crippen LogP contribution in [0.25, 0.3) is 0 Å². The maximum Gasteiger partial charge on any atom is 0.138 e. The second-order valence-corrected chi connectivity index (χ2v) is 7.70. The van der Waals surface area contributed by atoms with Crippen LogP contribution in [-0.2, 0) is 20.5 Å². The van der Waals surface area contributed by atoms with Gasteiger partial charge < -0.3 is 5.11 Å². The average Bonchev–Trinajstić information content (AvgIpc) is 3.37. The number of pyridine rings is 2. The van der Waals surface area contributed by atoms with E-state index in [1.54, 1.807) is 49.4 Å². The van der Waals surface area contributed by atoms with Crippen LogP contribution >= 0.6 is 23.2 Å². The Kier molecular flexibility index (Phi) is 7.75. The minimum atomic E-state index is -0.982. The van der Waals surface area contributed by atoms with Crippen LogP contribution in [0.2, 0.25) is 10.0 Å². The molecule has 4 aromatic heterocycles. The molecule has 0 radical (unpaired) electrons. The summed E-state index contributed by atoms with van der Waals surface area (Å²) in [4.78, 5) is 7.90. The van der Waals surface area contributed by atoms with Crippen molar-refractivity contribution < 1.29 is 5.11 Å². The molecule has 0 aromatic carbocycles. The first-order chi connectivity index (χ1) is 15.8. The molecule has 11 heteroatoms. The van der Waals surface area contributed by atoms with Gasteiger partial charge in [0.25, 0.3) is 0 Å². The summed E-state index contributed by atoms with van der Waals surface area (Å²) in [5.74, 6) is 0. The van der Waals surface area contributed by atoms with Crippen molar-refractivity contribution in [2.24, 2.45) is 14.1 Å². The van der Waals surface area contributed by atoms with Gasteiger partial charge in [-0.1, -0.05) is 23.2 Å². The number of aromatic nitrogens is 6. The third-order valence-electron chi connectivity index (χ3n) is 4.64. The first-order valence-electron chi connectivity index (χ1n) is 9.57. The predicted molar refractivity (Wildman–Crippen MR) is 121 cm³/mol. The minimum Gasteiger partial charge on any atom is -0.382 e. The Labute approximate surface area is 200 Å². The topological polar surface area (TPSA) is 129 Å². The Bertz CT molecular complexity index is 1350. The number of halogens is 2. The van der Waals surface area contributed by atoms with Gasteiger partial charge in [-0.05, 0) is 23.8 Å². The molecule has 4 heterocycles. The van der Waals surface area contributed by atoms with Crippen molar-refractivity contribution in [2.75, 3.05) is 0 Å². The summed E-state index contributed by atoms with van der Waals surface area (Å²) in [7, 11) is 3.38. The normalized spacial score (nSPS) is 11.1. The van der Waals surface area contributed by atoms with Gasteiger partial charge in [-0.2, -0.15) is 20.7 Å². The molecule has 0 aliphatic carbocycles. The number of hydrogen-bond donors (Lipinski definition) is 1. The molecule has 4 aromatic rings. The molecule has 0 fully saturated rings. The van der Waals surface area contributed by atoms with Crippen LogP contribution in [0.1, 0.15) is 40.0 Å². The summed E-state index contributed by atoms with van der Waals surface area (Å²) < 4.78 is 2.96. The van der Waals surface area contributed by atoms with Gasteiger partial charge in [0.2, 0.25) is 0 Å². The highest BCUT2D eigenvalue weighted by Crippen LogP contribution is 2.26. The summed E-state index contributed by atoms with van der Waals surface area (Å²) >= 11 is 12.0. The van der Waals surface area contributed by atoms with Crippen molar-refractivity contribution >= 4 is 23.2 Å². The molecule has 0 spiro atoms. The van der Waals surface area contributed by atoms with E-state index in [0.29, 0.717) is 39.1 Å². The van der Waals surface area contributed by atoms with Crippen molar-refractivity contribution in [1.82, 2.24) is 29.5 Å². The Morgan fingerprint density at radius 1 is 0.939 bits per heavy atom. The fraction of sp³-hybridized carbons (Fsp3) is 0.182. The third kappa shape index (κ3) is 5.73. The molecule has 1 unspecified atom stereocenters. The van der Waals surface area contributed by atoms with E-state index in [1.807, 2.05) is 6.07 Å². The zero-order valence-electron chi connectivity index (χ0n) is 17.7. The van der Waals surface area contributed by atoms with Gasteiger partial charge in [0.15, 0.2) is 0 Å². The number of nitrogens with zero attached hydrogens (tertiary/aromatic N) is 8. The fourth-order valence-corrected chi connectivity index (χ4v) is 3.31. The standard InChI is InChI=1S/C11H9ClN4O.C11H9ClN4/c1-16-7(5-13)4-10(15-16)11(17)8-6-14-3-2-9(8)12;1-16-10(6-13)5-9(15-16)4-8-7-14-3-2-11(8)12/h2-4,6,11,17H,1H3;2-3,5,7H,4H2,1H3. The van der Waals surface area contributed by atoms with Gasteiger partial charge in [-0.25, -0.2) is 0 Å². The monoisotopic (exact) mass is 480 g/mol. The van der Waals surface area contributed by atoms with Gasteiger partial charge >= 0.3 is 0 Å². The van der Waals surface area contributed by atoms with E-state index in [2.05, 4.69) is 26.2 Å². The molecular weight excluding hydrogens is 463 g/mol. The molecule has 1 N–H and O–H groups in total. The molecule has 0 aliphatic heterocycles. The first-order valence-corrected chi connectivity index (χ1v) is 10.3. The highest BCUT2D eigenvalue weighted by atomic mass is 35.5. The third-order valence-corrected chi connectivity index (χ3v) is 5.36. The van der Waals surface area contributed by atoms with E-state index in [-0.39, 0.29) is 0 Å². The maximum absolute atomic E-state index is 10.1. The Morgan fingerprint density at radius 2 is 1.55 bits per heavy atom.